The largest absolute Gasteiger partial charge is 0.497 e. The lowest BCUT2D eigenvalue weighted by molar-refractivity contribution is -0.197. The summed E-state index contributed by atoms with van der Waals surface area (Å²) < 4.78 is 94.7. The second-order valence-electron chi connectivity index (χ2n) is 20.1. The number of methoxy groups -OCH3 is 2. The molecule has 8 aromatic rings. The first kappa shape index (κ1) is 62.4. The molecule has 0 aliphatic carbocycles. The lowest BCUT2D eigenvalue weighted by atomic mass is 10.1. The number of imidazole rings is 2. The molecule has 468 valence electrons. The number of fused-ring (bicyclic) bond motifs is 3. The number of carbonyl (C=O) groups is 4. The molecule has 0 spiro atoms. The second kappa shape index (κ2) is 26.0. The number of likely N-dealkylation sites (N-methyl/N-ethyl adjacent to an activating group) is 2. The Hall–Kier alpha value is -9.68. The van der Waals surface area contributed by atoms with Crippen molar-refractivity contribution in [1.82, 2.24) is 49.7 Å². The third-order valence-corrected chi connectivity index (χ3v) is 16.6. The minimum absolute atomic E-state index is 0.00953. The molecule has 11 rings (SSSR count). The van der Waals surface area contributed by atoms with E-state index >= 15 is 0 Å². The number of anilines is 6. The molecular formula is C55H60N16O16S2. The van der Waals surface area contributed by atoms with Crippen molar-refractivity contribution in [3.63, 3.8) is 0 Å². The van der Waals surface area contributed by atoms with Gasteiger partial charge in [0.05, 0.1) is 38.2 Å². The van der Waals surface area contributed by atoms with E-state index in [1.54, 1.807) is 86.9 Å². The van der Waals surface area contributed by atoms with Gasteiger partial charge in [-0.3, -0.25) is 38.8 Å². The number of urea groups is 2. The number of sulfonamides is 2. The zero-order valence-electron chi connectivity index (χ0n) is 48.1. The van der Waals surface area contributed by atoms with Crippen molar-refractivity contribution in [2.75, 3.05) is 58.0 Å². The molecule has 3 aliphatic heterocycles. The lowest BCUT2D eigenvalue weighted by Gasteiger charge is -2.24. The van der Waals surface area contributed by atoms with Crippen LogP contribution in [0.3, 0.4) is 0 Å². The molecule has 8 atom stereocenters. The fourth-order valence-corrected chi connectivity index (χ4v) is 12.2. The molecule has 0 unspecified atom stereocenters. The summed E-state index contributed by atoms with van der Waals surface area (Å²) in [5.74, 6) is -0.733. The number of rotatable bonds is 18. The average molecular weight is 1270 g/mol. The molecule has 0 radical (unpaired) electrons. The van der Waals surface area contributed by atoms with E-state index in [1.807, 2.05) is 0 Å². The van der Waals surface area contributed by atoms with Crippen molar-refractivity contribution in [2.24, 2.45) is 0 Å². The highest BCUT2D eigenvalue weighted by Gasteiger charge is 2.58. The van der Waals surface area contributed by atoms with Gasteiger partial charge in [-0.25, -0.2) is 56.3 Å². The fraction of sp³-hybridized carbons (Fsp3) is 0.309. The number of amides is 6. The summed E-state index contributed by atoms with van der Waals surface area (Å²) in [4.78, 5) is 76.1. The van der Waals surface area contributed by atoms with Crippen LogP contribution in [0, 0.1) is 0 Å². The Morgan fingerprint density at radius 2 is 0.978 bits per heavy atom. The van der Waals surface area contributed by atoms with Crippen LogP contribution in [0.4, 0.5) is 44.0 Å². The standard InChI is InChI=1S/C29H32N8O8S.C26H28N8O8S/c1-5-30-26(38)22-21-23(45-29(2,3)44-21)27(43-22)37-15-33-20-24(31-14-32-25(20)37)35-28(39)34-18-8-6-7-9-19(18)46(40,41)36-16-10-12-17(42-4)13-11-16;1-3-27-24(37)21-19(35)20(36)25(42-21)34-13-30-18-22(28-12-29-23(18)34)32-26(38)31-16-6-4-5-7-17(16)43(39,40)33-14-8-10-15(41-2)11-9-14/h6-15,21-23,27,36H,5H2,1-4H3,(H,30,38)(H2,31,32,34,35,39);4-13,19-21,25,33,35-36H,3H2,1-2H3,(H,27,37)(H2,28,29,31,32,38)/t21-,22+,23-,27-;19-,20+,21-,25+/m10/s1. The number of hydrogen-bond donors (Lipinski definition) is 10. The number of nitrogens with zero attached hydrogens (tertiary/aromatic N) is 8. The van der Waals surface area contributed by atoms with Crippen molar-refractivity contribution < 1.29 is 74.6 Å². The van der Waals surface area contributed by atoms with E-state index in [9.17, 15) is 46.2 Å². The van der Waals surface area contributed by atoms with Gasteiger partial charge in [-0.15, -0.1) is 0 Å². The number of benzene rings is 4. The summed E-state index contributed by atoms with van der Waals surface area (Å²) >= 11 is 0. The summed E-state index contributed by atoms with van der Waals surface area (Å²) in [5.41, 5.74) is 1.37. The third kappa shape index (κ3) is 13.4. The van der Waals surface area contributed by atoms with E-state index in [-0.39, 0.29) is 55.4 Å². The van der Waals surface area contributed by atoms with E-state index in [2.05, 4.69) is 71.2 Å². The minimum Gasteiger partial charge on any atom is -0.497 e. The Bertz CT molecular complexity index is 4160. The van der Waals surface area contributed by atoms with Gasteiger partial charge in [-0.2, -0.15) is 0 Å². The monoisotopic (exact) mass is 1260 g/mol. The van der Waals surface area contributed by atoms with Gasteiger partial charge in [0.25, 0.3) is 31.9 Å². The Labute approximate surface area is 507 Å². The summed E-state index contributed by atoms with van der Waals surface area (Å²) in [5, 5.41) is 36.5. The molecule has 10 N–H and O–H groups in total. The lowest BCUT2D eigenvalue weighted by Crippen LogP contribution is -2.42. The van der Waals surface area contributed by atoms with Gasteiger partial charge < -0.3 is 59.9 Å². The van der Waals surface area contributed by atoms with Crippen LogP contribution in [-0.2, 0) is 48.6 Å². The van der Waals surface area contributed by atoms with Crippen molar-refractivity contribution in [2.45, 2.75) is 92.4 Å². The molecule has 7 heterocycles. The Morgan fingerprint density at radius 3 is 1.44 bits per heavy atom. The Morgan fingerprint density at radius 1 is 0.551 bits per heavy atom. The predicted octanol–water partition coefficient (Wildman–Crippen LogP) is 3.87. The molecular weight excluding hydrogens is 1200 g/mol. The first-order chi connectivity index (χ1) is 42.6. The molecule has 3 saturated heterocycles. The maximum atomic E-state index is 13.2. The zero-order valence-corrected chi connectivity index (χ0v) is 49.7. The number of nitrogens with one attached hydrogen (secondary N) is 8. The van der Waals surface area contributed by atoms with Crippen LogP contribution < -0.4 is 50.8 Å². The van der Waals surface area contributed by atoms with Gasteiger partial charge >= 0.3 is 12.1 Å². The highest BCUT2D eigenvalue weighted by atomic mass is 32.2. The topological polar surface area (TPSA) is 416 Å². The Kier molecular flexibility index (Phi) is 18.2. The maximum Gasteiger partial charge on any atom is 0.324 e. The van der Waals surface area contributed by atoms with Gasteiger partial charge in [0.2, 0.25) is 0 Å². The predicted molar refractivity (Wildman–Crippen MR) is 317 cm³/mol. The van der Waals surface area contributed by atoms with Crippen LogP contribution in [0.15, 0.2) is 132 Å². The number of hydrogen-bond acceptors (Lipinski definition) is 22. The fourth-order valence-electron chi connectivity index (χ4n) is 9.80. The normalized spacial score (nSPS) is 20.9. The third-order valence-electron chi connectivity index (χ3n) is 13.7. The molecule has 3 fully saturated rings. The first-order valence-corrected chi connectivity index (χ1v) is 30.2. The van der Waals surface area contributed by atoms with Gasteiger partial charge in [0.15, 0.2) is 64.4 Å². The molecule has 4 aromatic carbocycles. The van der Waals surface area contributed by atoms with Crippen LogP contribution >= 0.6 is 0 Å². The van der Waals surface area contributed by atoms with Crippen molar-refractivity contribution in [1.29, 1.82) is 0 Å². The number of ether oxygens (including phenoxy) is 6. The highest BCUT2D eigenvalue weighted by Crippen LogP contribution is 2.44. The van der Waals surface area contributed by atoms with E-state index in [1.165, 1.54) is 80.2 Å². The van der Waals surface area contributed by atoms with Crippen LogP contribution in [0.25, 0.3) is 22.3 Å². The summed E-state index contributed by atoms with van der Waals surface area (Å²) in [7, 11) is -5.20. The smallest absolute Gasteiger partial charge is 0.324 e. The molecule has 6 amide bonds. The molecule has 3 aliphatic rings. The van der Waals surface area contributed by atoms with Crippen LogP contribution in [0.2, 0.25) is 0 Å². The van der Waals surface area contributed by atoms with Gasteiger partial charge in [-0.05, 0) is 100 Å². The zero-order chi connectivity index (χ0) is 63.4. The summed E-state index contributed by atoms with van der Waals surface area (Å²) in [6.45, 7) is 7.74. The van der Waals surface area contributed by atoms with E-state index in [4.69, 9.17) is 28.4 Å². The van der Waals surface area contributed by atoms with E-state index in [0.717, 1.165) is 6.33 Å². The van der Waals surface area contributed by atoms with Crippen LogP contribution in [0.1, 0.15) is 40.2 Å². The first-order valence-electron chi connectivity index (χ1n) is 27.2. The highest BCUT2D eigenvalue weighted by molar-refractivity contribution is 7.93. The van der Waals surface area contributed by atoms with Crippen molar-refractivity contribution in [3.8, 4) is 11.5 Å². The molecule has 34 heteroatoms. The quantitative estimate of drug-likeness (QED) is 0.0583. The Balaban J connectivity index is 0.000000197. The summed E-state index contributed by atoms with van der Waals surface area (Å²) in [6, 6.07) is 22.8. The van der Waals surface area contributed by atoms with Gasteiger partial charge in [0.1, 0.15) is 58.4 Å². The molecule has 0 saturated carbocycles. The molecule has 4 aromatic heterocycles. The number of aromatic nitrogens is 8. The number of carbonyl (C=O) groups excluding carboxylic acids is 4. The van der Waals surface area contributed by atoms with Crippen molar-refractivity contribution in [3.05, 3.63) is 122 Å². The average Bonchev–Trinajstić information content (AvgIpc) is 1.64. The second-order valence-corrected chi connectivity index (χ2v) is 23.4. The molecule has 32 nitrogen and oxygen atoms in total. The summed E-state index contributed by atoms with van der Waals surface area (Å²) in [6.07, 6.45) is -3.53. The molecule has 0 bridgehead atoms. The minimum atomic E-state index is -4.11. The van der Waals surface area contributed by atoms with Gasteiger partial charge in [-0.1, -0.05) is 24.3 Å². The molecule has 89 heavy (non-hydrogen) atoms. The van der Waals surface area contributed by atoms with Gasteiger partial charge in [0, 0.05) is 24.5 Å². The van der Waals surface area contributed by atoms with Crippen LogP contribution in [-0.4, -0.2) is 160 Å². The number of para-hydroxylation sites is 2. The number of aliphatic hydroxyl groups is 2. The van der Waals surface area contributed by atoms with Crippen molar-refractivity contribution >= 4 is 101 Å². The maximum absolute atomic E-state index is 13.2. The van der Waals surface area contributed by atoms with E-state index in [0.29, 0.717) is 41.6 Å². The SMILES string of the molecule is CCNC(=O)[C@H]1O[C@@H](n2cnc3c(NC(=O)Nc4ccccc4S(=O)(=O)Nc4ccc(OC)cc4)ncnc32)[C@@H]2OC(C)(C)O[C@@H]21.CCNC(=O)[C@H]1O[C@@H](n2cnc3c(NC(=O)Nc4ccccc4S(=O)(=O)Nc4ccc(OC)cc4)ncnc32)[C@H](O)[C@@H]1O. The number of aliphatic hydroxyl groups excluding tert-OH is 2. The van der Waals surface area contributed by atoms with E-state index < -0.39 is 92.9 Å². The van der Waals surface area contributed by atoms with Crippen LogP contribution in [0.5, 0.6) is 11.5 Å².